The Kier molecular flexibility index (Phi) is 5.57. The van der Waals surface area contributed by atoms with Crippen molar-refractivity contribution in [3.05, 3.63) is 24.3 Å². The van der Waals surface area contributed by atoms with Gasteiger partial charge in [-0.15, -0.1) is 0 Å². The molecule has 2 amide bonds. The molecule has 0 aliphatic carbocycles. The molecule has 23 heavy (non-hydrogen) atoms. The Balaban J connectivity index is 1.91. The van der Waals surface area contributed by atoms with Gasteiger partial charge in [0.2, 0.25) is 5.91 Å². The van der Waals surface area contributed by atoms with Crippen molar-refractivity contribution in [3.63, 3.8) is 0 Å². The van der Waals surface area contributed by atoms with Crippen molar-refractivity contribution in [2.45, 2.75) is 20.8 Å². The summed E-state index contributed by atoms with van der Waals surface area (Å²) in [4.78, 5) is 23.9. The van der Waals surface area contributed by atoms with Crippen molar-refractivity contribution < 1.29 is 19.1 Å². The number of rotatable bonds is 3. The predicted molar refractivity (Wildman–Crippen MR) is 86.1 cm³/mol. The van der Waals surface area contributed by atoms with Crippen molar-refractivity contribution in [1.29, 1.82) is 0 Å². The lowest BCUT2D eigenvalue weighted by Gasteiger charge is -2.26. The van der Waals surface area contributed by atoms with Crippen LogP contribution in [0, 0.1) is 5.41 Å². The van der Waals surface area contributed by atoms with Gasteiger partial charge in [-0.3, -0.25) is 10.2 Å². The number of anilines is 1. The molecule has 0 bridgehead atoms. The van der Waals surface area contributed by atoms with Crippen LogP contribution in [0.4, 0.5) is 10.5 Å². The highest BCUT2D eigenvalue weighted by atomic mass is 16.6. The quantitative estimate of drug-likeness (QED) is 0.890. The number of morpholine rings is 1. The van der Waals surface area contributed by atoms with E-state index in [0.29, 0.717) is 37.7 Å². The lowest BCUT2D eigenvalue weighted by Crippen LogP contribution is -2.49. The molecule has 0 radical (unpaired) electrons. The van der Waals surface area contributed by atoms with E-state index in [9.17, 15) is 9.59 Å². The summed E-state index contributed by atoms with van der Waals surface area (Å²) in [6, 6.07) is 6.74. The largest absolute Gasteiger partial charge is 0.427 e. The highest BCUT2D eigenvalue weighted by molar-refractivity contribution is 5.94. The second-order valence-electron chi connectivity index (χ2n) is 6.33. The normalized spacial score (nSPS) is 15.8. The third kappa shape index (κ3) is 5.54. The molecule has 0 aromatic heterocycles. The Morgan fingerprint density at radius 1 is 1.22 bits per heavy atom. The van der Waals surface area contributed by atoms with Crippen LogP contribution in [0.25, 0.3) is 0 Å². The van der Waals surface area contributed by atoms with E-state index in [1.165, 1.54) is 0 Å². The highest BCUT2D eigenvalue weighted by Gasteiger charge is 2.21. The van der Waals surface area contributed by atoms with Gasteiger partial charge in [-0.2, -0.15) is 0 Å². The van der Waals surface area contributed by atoms with Gasteiger partial charge in [-0.1, -0.05) is 26.8 Å². The van der Waals surface area contributed by atoms with Crippen molar-refractivity contribution in [3.8, 4) is 5.75 Å². The smallest absolute Gasteiger partial charge is 0.409 e. The summed E-state index contributed by atoms with van der Waals surface area (Å²) in [6.45, 7) is 7.89. The van der Waals surface area contributed by atoms with E-state index in [-0.39, 0.29) is 5.91 Å². The molecule has 1 fully saturated rings. The number of amides is 2. The van der Waals surface area contributed by atoms with E-state index in [2.05, 4.69) is 10.7 Å². The Hall–Kier alpha value is -2.12. The van der Waals surface area contributed by atoms with E-state index >= 15 is 0 Å². The van der Waals surface area contributed by atoms with Crippen LogP contribution >= 0.6 is 0 Å². The van der Waals surface area contributed by atoms with Crippen LogP contribution in [0.1, 0.15) is 20.8 Å². The lowest BCUT2D eigenvalue weighted by atomic mass is 9.95. The molecule has 126 valence electrons. The van der Waals surface area contributed by atoms with Crippen LogP contribution in [0.2, 0.25) is 0 Å². The minimum absolute atomic E-state index is 0.104. The molecule has 1 aromatic rings. The minimum atomic E-state index is -0.564. The third-order valence-electron chi connectivity index (χ3n) is 3.24. The fraction of sp³-hybridized carbons (Fsp3) is 0.500. The molecule has 0 unspecified atom stereocenters. The molecular weight excluding hydrogens is 298 g/mol. The second kappa shape index (κ2) is 7.43. The van der Waals surface area contributed by atoms with E-state index in [4.69, 9.17) is 9.47 Å². The van der Waals surface area contributed by atoms with Crippen molar-refractivity contribution in [2.24, 2.45) is 5.41 Å². The molecule has 2 N–H and O–H groups in total. The van der Waals surface area contributed by atoms with Crippen LogP contribution in [0.15, 0.2) is 24.3 Å². The average Bonchev–Trinajstić information content (AvgIpc) is 2.47. The van der Waals surface area contributed by atoms with E-state index in [1.807, 2.05) is 20.8 Å². The number of hydrogen-bond acceptors (Lipinski definition) is 5. The molecule has 1 saturated heterocycles. The Morgan fingerprint density at radius 3 is 2.57 bits per heavy atom. The first-order valence-electron chi connectivity index (χ1n) is 7.57. The van der Waals surface area contributed by atoms with Crippen LogP contribution in [-0.4, -0.2) is 43.3 Å². The maximum absolute atomic E-state index is 12.0. The molecule has 2 rings (SSSR count). The molecular formula is C16H23N3O4. The van der Waals surface area contributed by atoms with Crippen LogP contribution in [0.5, 0.6) is 5.75 Å². The lowest BCUT2D eigenvalue weighted by molar-refractivity contribution is -0.123. The van der Waals surface area contributed by atoms with Gasteiger partial charge >= 0.3 is 6.09 Å². The Morgan fingerprint density at radius 2 is 1.91 bits per heavy atom. The van der Waals surface area contributed by atoms with Crippen molar-refractivity contribution in [2.75, 3.05) is 31.6 Å². The van der Waals surface area contributed by atoms with E-state index in [0.717, 1.165) is 0 Å². The number of nitrogens with zero attached hydrogens (tertiary/aromatic N) is 1. The zero-order valence-electron chi connectivity index (χ0n) is 13.7. The van der Waals surface area contributed by atoms with Gasteiger partial charge in [0.15, 0.2) is 0 Å². The number of hydrogen-bond donors (Lipinski definition) is 2. The summed E-state index contributed by atoms with van der Waals surface area (Å²) in [7, 11) is 0. The second-order valence-corrected chi connectivity index (χ2v) is 6.33. The molecule has 1 aliphatic heterocycles. The number of carbonyl (C=O) groups is 2. The standard InChI is InChI=1S/C16H23N3O4/c1-16(2,3)14(20)17-12-5-4-6-13(11-12)23-15(21)18-19-7-9-22-10-8-19/h4-6,11H,7-10H2,1-3H3,(H,17,20)(H,18,21). The molecule has 0 saturated carbocycles. The Labute approximate surface area is 135 Å². The van der Waals surface area contributed by atoms with Gasteiger partial charge < -0.3 is 14.8 Å². The number of benzene rings is 1. The summed E-state index contributed by atoms with van der Waals surface area (Å²) in [5, 5.41) is 4.55. The first kappa shape index (κ1) is 17.2. The summed E-state index contributed by atoms with van der Waals surface area (Å²) >= 11 is 0. The molecule has 1 aromatic carbocycles. The topological polar surface area (TPSA) is 79.9 Å². The van der Waals surface area contributed by atoms with Gasteiger partial charge in [0.1, 0.15) is 5.75 Å². The minimum Gasteiger partial charge on any atom is -0.409 e. The monoisotopic (exact) mass is 321 g/mol. The van der Waals surface area contributed by atoms with Gasteiger partial charge in [0, 0.05) is 30.3 Å². The van der Waals surface area contributed by atoms with Gasteiger partial charge in [-0.05, 0) is 12.1 Å². The predicted octanol–water partition coefficient (Wildman–Crippen LogP) is 2.01. The first-order valence-corrected chi connectivity index (χ1v) is 7.57. The fourth-order valence-electron chi connectivity index (χ4n) is 1.89. The summed E-state index contributed by atoms with van der Waals surface area (Å²) in [5.41, 5.74) is 2.75. The Bertz CT molecular complexity index is 563. The zero-order chi connectivity index (χ0) is 16.9. The SMILES string of the molecule is CC(C)(C)C(=O)Nc1cccc(OC(=O)NN2CCOCC2)c1. The van der Waals surface area contributed by atoms with Crippen LogP contribution < -0.4 is 15.5 Å². The molecule has 0 atom stereocenters. The number of nitrogens with one attached hydrogen (secondary N) is 2. The van der Waals surface area contributed by atoms with Gasteiger partial charge in [0.05, 0.1) is 13.2 Å². The van der Waals surface area contributed by atoms with E-state index < -0.39 is 11.5 Å². The van der Waals surface area contributed by atoms with Crippen LogP contribution in [0.3, 0.4) is 0 Å². The summed E-state index contributed by atoms with van der Waals surface area (Å²) in [6.07, 6.45) is -0.564. The molecule has 7 heteroatoms. The molecule has 0 spiro atoms. The number of hydrazine groups is 1. The van der Waals surface area contributed by atoms with E-state index in [1.54, 1.807) is 29.3 Å². The molecule has 7 nitrogen and oxygen atoms in total. The van der Waals surface area contributed by atoms with Gasteiger partial charge in [-0.25, -0.2) is 9.80 Å². The highest BCUT2D eigenvalue weighted by Crippen LogP contribution is 2.21. The van der Waals surface area contributed by atoms with Crippen molar-refractivity contribution in [1.82, 2.24) is 10.4 Å². The maximum atomic E-state index is 12.0. The maximum Gasteiger partial charge on any atom is 0.427 e. The average molecular weight is 321 g/mol. The summed E-state index contributed by atoms with van der Waals surface area (Å²) in [5.74, 6) is 0.259. The first-order chi connectivity index (χ1) is 10.8. The number of carbonyl (C=O) groups excluding carboxylic acids is 2. The zero-order valence-corrected chi connectivity index (χ0v) is 13.7. The fourth-order valence-corrected chi connectivity index (χ4v) is 1.89. The number of ether oxygens (including phenoxy) is 2. The summed E-state index contributed by atoms with van der Waals surface area (Å²) < 4.78 is 10.4. The van der Waals surface area contributed by atoms with Crippen molar-refractivity contribution >= 4 is 17.7 Å². The van der Waals surface area contributed by atoms with Crippen LogP contribution in [-0.2, 0) is 9.53 Å². The third-order valence-corrected chi connectivity index (χ3v) is 3.24. The van der Waals surface area contributed by atoms with Gasteiger partial charge in [0.25, 0.3) is 0 Å². The molecule has 1 aliphatic rings. The molecule has 1 heterocycles.